The van der Waals surface area contributed by atoms with Gasteiger partial charge in [0.15, 0.2) is 5.65 Å². The number of fused-ring (bicyclic) bond motifs is 1. The zero-order chi connectivity index (χ0) is 13.5. The van der Waals surface area contributed by atoms with Crippen LogP contribution in [-0.2, 0) is 16.3 Å². The van der Waals surface area contributed by atoms with Gasteiger partial charge in [-0.25, -0.2) is 13.4 Å². The van der Waals surface area contributed by atoms with Gasteiger partial charge in [0.05, 0.1) is 22.2 Å². The molecule has 0 radical (unpaired) electrons. The Morgan fingerprint density at radius 2 is 2.11 bits per heavy atom. The third-order valence-electron chi connectivity index (χ3n) is 3.66. The molecule has 4 nitrogen and oxygen atoms in total. The number of imidazole rings is 1. The van der Waals surface area contributed by atoms with E-state index in [1.807, 2.05) is 28.9 Å². The van der Waals surface area contributed by atoms with E-state index in [0.29, 0.717) is 22.4 Å². The largest absolute Gasteiger partial charge is 0.306 e. The smallest absolute Gasteiger partial charge is 0.155 e. The van der Waals surface area contributed by atoms with Crippen molar-refractivity contribution in [2.24, 2.45) is 5.92 Å². The van der Waals surface area contributed by atoms with Gasteiger partial charge in [0.2, 0.25) is 0 Å². The van der Waals surface area contributed by atoms with E-state index in [2.05, 4.69) is 4.98 Å². The van der Waals surface area contributed by atoms with Crippen molar-refractivity contribution < 1.29 is 8.42 Å². The zero-order valence-electron chi connectivity index (χ0n) is 10.4. The first-order valence-corrected chi connectivity index (χ1v) is 8.56. The topological polar surface area (TPSA) is 51.4 Å². The summed E-state index contributed by atoms with van der Waals surface area (Å²) < 4.78 is 24.7. The highest BCUT2D eigenvalue weighted by molar-refractivity contribution is 7.91. The molecule has 19 heavy (non-hydrogen) atoms. The van der Waals surface area contributed by atoms with Crippen LogP contribution in [0, 0.1) is 5.92 Å². The molecular weight excluding hydrogens is 284 g/mol. The molecule has 3 rings (SSSR count). The summed E-state index contributed by atoms with van der Waals surface area (Å²) in [5.74, 6) is 1.03. The molecule has 1 aliphatic heterocycles. The Bertz CT molecular complexity index is 695. The van der Waals surface area contributed by atoms with Crippen molar-refractivity contribution in [1.82, 2.24) is 9.38 Å². The van der Waals surface area contributed by atoms with E-state index in [0.717, 1.165) is 30.6 Å². The SMILES string of the molecule is O=S1(=O)CCC(Cc2cn3cccc(Cl)c3n2)CC1. The molecular formula is C13H15ClN2O2S. The van der Waals surface area contributed by atoms with Crippen LogP contribution in [0.1, 0.15) is 18.5 Å². The fourth-order valence-corrected chi connectivity index (χ4v) is 4.37. The fourth-order valence-electron chi connectivity index (χ4n) is 2.57. The molecule has 0 saturated carbocycles. The predicted octanol–water partition coefficient (Wildman–Crippen LogP) is 2.36. The molecule has 102 valence electrons. The molecule has 1 fully saturated rings. The molecule has 0 atom stereocenters. The van der Waals surface area contributed by atoms with Crippen LogP contribution in [0.4, 0.5) is 0 Å². The average Bonchev–Trinajstić information content (AvgIpc) is 2.76. The zero-order valence-corrected chi connectivity index (χ0v) is 12.0. The maximum atomic E-state index is 11.4. The van der Waals surface area contributed by atoms with Crippen LogP contribution in [0.3, 0.4) is 0 Å². The summed E-state index contributed by atoms with van der Waals surface area (Å²) in [6.07, 6.45) is 6.20. The number of hydrogen-bond acceptors (Lipinski definition) is 3. The lowest BCUT2D eigenvalue weighted by Gasteiger charge is -2.20. The number of hydrogen-bond donors (Lipinski definition) is 0. The van der Waals surface area contributed by atoms with E-state index in [4.69, 9.17) is 11.6 Å². The molecule has 0 spiro atoms. The molecule has 0 N–H and O–H groups in total. The van der Waals surface area contributed by atoms with Gasteiger partial charge in [-0.3, -0.25) is 0 Å². The van der Waals surface area contributed by atoms with E-state index in [1.165, 1.54) is 0 Å². The molecule has 0 unspecified atom stereocenters. The van der Waals surface area contributed by atoms with Crippen LogP contribution >= 0.6 is 11.6 Å². The lowest BCUT2D eigenvalue weighted by atomic mass is 9.97. The summed E-state index contributed by atoms with van der Waals surface area (Å²) in [5, 5.41) is 0.639. The van der Waals surface area contributed by atoms with Crippen molar-refractivity contribution >= 4 is 27.1 Å². The third kappa shape index (κ3) is 2.77. The van der Waals surface area contributed by atoms with E-state index < -0.39 is 9.84 Å². The highest BCUT2D eigenvalue weighted by atomic mass is 35.5. The summed E-state index contributed by atoms with van der Waals surface area (Å²) in [6.45, 7) is 0. The van der Waals surface area contributed by atoms with Crippen molar-refractivity contribution in [3.63, 3.8) is 0 Å². The standard InChI is InChI=1S/C13H15ClN2O2S/c14-12-2-1-5-16-9-11(15-13(12)16)8-10-3-6-19(17,18)7-4-10/h1-2,5,9-10H,3-4,6-8H2. The number of halogens is 1. The van der Waals surface area contributed by atoms with E-state index in [9.17, 15) is 8.42 Å². The maximum Gasteiger partial charge on any atom is 0.155 e. The Kier molecular flexibility index (Phi) is 3.27. The summed E-state index contributed by atoms with van der Waals surface area (Å²) in [4.78, 5) is 4.52. The number of rotatable bonds is 2. The van der Waals surface area contributed by atoms with Crippen molar-refractivity contribution in [2.45, 2.75) is 19.3 Å². The fraction of sp³-hybridized carbons (Fsp3) is 0.462. The van der Waals surface area contributed by atoms with Crippen LogP contribution in [0.25, 0.3) is 5.65 Å². The summed E-state index contributed by atoms with van der Waals surface area (Å²) in [7, 11) is -2.79. The number of nitrogens with zero attached hydrogens (tertiary/aromatic N) is 2. The first-order valence-electron chi connectivity index (χ1n) is 6.36. The molecule has 1 saturated heterocycles. The molecule has 2 aromatic rings. The monoisotopic (exact) mass is 298 g/mol. The molecule has 2 aromatic heterocycles. The van der Waals surface area contributed by atoms with Gasteiger partial charge < -0.3 is 4.40 Å². The lowest BCUT2D eigenvalue weighted by Crippen LogP contribution is -2.24. The van der Waals surface area contributed by atoms with Gasteiger partial charge in [-0.15, -0.1) is 0 Å². The van der Waals surface area contributed by atoms with Crippen LogP contribution < -0.4 is 0 Å². The molecule has 1 aliphatic rings. The Morgan fingerprint density at radius 3 is 2.79 bits per heavy atom. The van der Waals surface area contributed by atoms with Gasteiger partial charge in [-0.05, 0) is 37.3 Å². The van der Waals surface area contributed by atoms with E-state index >= 15 is 0 Å². The summed E-state index contributed by atoms with van der Waals surface area (Å²) in [5.41, 5.74) is 1.75. The molecule has 0 aliphatic carbocycles. The molecule has 0 amide bonds. The van der Waals surface area contributed by atoms with Crippen molar-refractivity contribution in [3.05, 3.63) is 35.2 Å². The first kappa shape index (κ1) is 12.9. The van der Waals surface area contributed by atoms with Gasteiger partial charge in [-0.2, -0.15) is 0 Å². The number of pyridine rings is 1. The second kappa shape index (κ2) is 4.80. The van der Waals surface area contributed by atoms with Gasteiger partial charge in [0.25, 0.3) is 0 Å². The van der Waals surface area contributed by atoms with Crippen LogP contribution in [0.2, 0.25) is 5.02 Å². The highest BCUT2D eigenvalue weighted by Crippen LogP contribution is 2.24. The van der Waals surface area contributed by atoms with Gasteiger partial charge in [0.1, 0.15) is 9.84 Å². The predicted molar refractivity (Wildman–Crippen MR) is 75.3 cm³/mol. The molecule has 0 aromatic carbocycles. The summed E-state index contributed by atoms with van der Waals surface area (Å²) >= 11 is 6.09. The van der Waals surface area contributed by atoms with Crippen molar-refractivity contribution in [3.8, 4) is 0 Å². The normalized spacial score (nSPS) is 19.8. The Labute approximate surface area is 117 Å². The minimum Gasteiger partial charge on any atom is -0.306 e. The lowest BCUT2D eigenvalue weighted by molar-refractivity contribution is 0.459. The van der Waals surface area contributed by atoms with Crippen LogP contribution in [0.5, 0.6) is 0 Å². The minimum atomic E-state index is -2.79. The van der Waals surface area contributed by atoms with Crippen molar-refractivity contribution in [2.75, 3.05) is 11.5 Å². The number of sulfone groups is 1. The van der Waals surface area contributed by atoms with Gasteiger partial charge >= 0.3 is 0 Å². The molecule has 6 heteroatoms. The molecule has 3 heterocycles. The second-order valence-corrected chi connectivity index (χ2v) is 7.83. The van der Waals surface area contributed by atoms with Crippen LogP contribution in [0.15, 0.2) is 24.5 Å². The van der Waals surface area contributed by atoms with E-state index in [1.54, 1.807) is 0 Å². The van der Waals surface area contributed by atoms with Crippen LogP contribution in [-0.4, -0.2) is 29.3 Å². The Morgan fingerprint density at radius 1 is 1.37 bits per heavy atom. The Hall–Kier alpha value is -1.07. The molecule has 0 bridgehead atoms. The van der Waals surface area contributed by atoms with Crippen molar-refractivity contribution in [1.29, 1.82) is 0 Å². The quantitative estimate of drug-likeness (QED) is 0.855. The second-order valence-electron chi connectivity index (χ2n) is 5.12. The highest BCUT2D eigenvalue weighted by Gasteiger charge is 2.24. The van der Waals surface area contributed by atoms with Gasteiger partial charge in [0, 0.05) is 12.4 Å². The number of aromatic nitrogens is 2. The maximum absolute atomic E-state index is 11.4. The Balaban J connectivity index is 1.77. The third-order valence-corrected chi connectivity index (χ3v) is 5.67. The van der Waals surface area contributed by atoms with E-state index in [-0.39, 0.29) is 0 Å². The summed E-state index contributed by atoms with van der Waals surface area (Å²) in [6, 6.07) is 3.70. The first-order chi connectivity index (χ1) is 9.03. The minimum absolute atomic E-state index is 0.311. The van der Waals surface area contributed by atoms with Gasteiger partial charge in [-0.1, -0.05) is 11.6 Å². The average molecular weight is 299 g/mol.